The number of benzene rings is 1. The van der Waals surface area contributed by atoms with Crippen LogP contribution in [0.4, 0.5) is 0 Å². The number of hydrogen-bond acceptors (Lipinski definition) is 3. The number of para-hydroxylation sites is 1. The highest BCUT2D eigenvalue weighted by molar-refractivity contribution is 5.89. The third kappa shape index (κ3) is 4.04. The molecule has 0 bridgehead atoms. The van der Waals surface area contributed by atoms with Crippen LogP contribution < -0.4 is 0 Å². The Morgan fingerprint density at radius 2 is 1.96 bits per heavy atom. The van der Waals surface area contributed by atoms with Crippen molar-refractivity contribution in [1.29, 1.82) is 0 Å². The molecule has 2 aliphatic rings. The average Bonchev–Trinajstić information content (AvgIpc) is 3.07. The number of morpholine rings is 1. The van der Waals surface area contributed by atoms with Crippen molar-refractivity contribution in [3.63, 3.8) is 0 Å². The third-order valence-corrected chi connectivity index (χ3v) is 6.07. The van der Waals surface area contributed by atoms with E-state index in [9.17, 15) is 4.79 Å². The summed E-state index contributed by atoms with van der Waals surface area (Å²) in [5.41, 5.74) is 2.39. The predicted molar refractivity (Wildman–Crippen MR) is 108 cm³/mol. The summed E-state index contributed by atoms with van der Waals surface area (Å²) in [5.74, 6) is 0.284. The number of carbonyl (C=O) groups is 1. The molecule has 1 unspecified atom stereocenters. The van der Waals surface area contributed by atoms with Crippen molar-refractivity contribution in [2.45, 2.75) is 45.2 Å². The van der Waals surface area contributed by atoms with Crippen molar-refractivity contribution in [1.82, 2.24) is 14.4 Å². The summed E-state index contributed by atoms with van der Waals surface area (Å²) in [5, 5.41) is 1.22. The SMILES string of the molecule is CCn1cc(CC(=O)N2CCCCC2CN2CCOCC2)c2ccccc21. The Kier molecular flexibility index (Phi) is 5.79. The van der Waals surface area contributed by atoms with Crippen LogP contribution >= 0.6 is 0 Å². The number of nitrogens with zero attached hydrogens (tertiary/aromatic N) is 3. The molecular formula is C22H31N3O2. The fraction of sp³-hybridized carbons (Fsp3) is 0.591. The van der Waals surface area contributed by atoms with Crippen molar-refractivity contribution in [3.05, 3.63) is 36.0 Å². The number of rotatable bonds is 5. The molecule has 1 amide bonds. The summed E-state index contributed by atoms with van der Waals surface area (Å²) >= 11 is 0. The molecule has 5 nitrogen and oxygen atoms in total. The maximum Gasteiger partial charge on any atom is 0.227 e. The van der Waals surface area contributed by atoms with Crippen LogP contribution in [0, 0.1) is 0 Å². The van der Waals surface area contributed by atoms with Crippen LogP contribution in [0.3, 0.4) is 0 Å². The number of carbonyl (C=O) groups excluding carboxylic acids is 1. The zero-order chi connectivity index (χ0) is 18.6. The van der Waals surface area contributed by atoms with E-state index in [0.717, 1.165) is 64.3 Å². The van der Waals surface area contributed by atoms with Gasteiger partial charge < -0.3 is 14.2 Å². The first-order valence-electron chi connectivity index (χ1n) is 10.4. The first-order valence-corrected chi connectivity index (χ1v) is 10.4. The van der Waals surface area contributed by atoms with Gasteiger partial charge in [-0.05, 0) is 37.8 Å². The smallest absolute Gasteiger partial charge is 0.227 e. The summed E-state index contributed by atoms with van der Waals surface area (Å²) in [4.78, 5) is 17.9. The lowest BCUT2D eigenvalue weighted by Crippen LogP contribution is -2.51. The van der Waals surface area contributed by atoms with Gasteiger partial charge in [-0.3, -0.25) is 9.69 Å². The van der Waals surface area contributed by atoms with Gasteiger partial charge in [0.05, 0.1) is 19.6 Å². The van der Waals surface area contributed by atoms with Gasteiger partial charge in [0.2, 0.25) is 5.91 Å². The van der Waals surface area contributed by atoms with Gasteiger partial charge >= 0.3 is 0 Å². The Morgan fingerprint density at radius 1 is 1.15 bits per heavy atom. The van der Waals surface area contributed by atoms with Crippen molar-refractivity contribution >= 4 is 16.8 Å². The van der Waals surface area contributed by atoms with Crippen LogP contribution in [0.1, 0.15) is 31.7 Å². The Bertz CT molecular complexity index is 779. The molecule has 2 aliphatic heterocycles. The summed E-state index contributed by atoms with van der Waals surface area (Å²) in [6, 6.07) is 8.78. The number of amides is 1. The van der Waals surface area contributed by atoms with E-state index in [0.29, 0.717) is 12.5 Å². The lowest BCUT2D eigenvalue weighted by atomic mass is 10.00. The van der Waals surface area contributed by atoms with E-state index in [4.69, 9.17) is 4.74 Å². The largest absolute Gasteiger partial charge is 0.379 e. The van der Waals surface area contributed by atoms with Crippen LogP contribution in [-0.2, 0) is 22.5 Å². The van der Waals surface area contributed by atoms with Gasteiger partial charge in [0.25, 0.3) is 0 Å². The molecule has 3 heterocycles. The molecule has 0 N–H and O–H groups in total. The highest BCUT2D eigenvalue weighted by Crippen LogP contribution is 2.24. The molecular weight excluding hydrogens is 338 g/mol. The van der Waals surface area contributed by atoms with Crippen molar-refractivity contribution < 1.29 is 9.53 Å². The zero-order valence-electron chi connectivity index (χ0n) is 16.4. The topological polar surface area (TPSA) is 37.7 Å². The molecule has 0 spiro atoms. The van der Waals surface area contributed by atoms with Gasteiger partial charge in [0.15, 0.2) is 0 Å². The number of aryl methyl sites for hydroxylation is 1. The number of piperidine rings is 1. The molecule has 0 aliphatic carbocycles. The predicted octanol–water partition coefficient (Wildman–Crippen LogP) is 2.92. The van der Waals surface area contributed by atoms with Crippen LogP contribution in [0.25, 0.3) is 10.9 Å². The number of ether oxygens (including phenoxy) is 1. The van der Waals surface area contributed by atoms with Gasteiger partial charge in [0, 0.05) is 55.9 Å². The average molecular weight is 370 g/mol. The third-order valence-electron chi connectivity index (χ3n) is 6.07. The summed E-state index contributed by atoms with van der Waals surface area (Å²) < 4.78 is 7.72. The number of fused-ring (bicyclic) bond motifs is 1. The Labute approximate surface area is 161 Å². The minimum Gasteiger partial charge on any atom is -0.379 e. The molecule has 1 atom stereocenters. The van der Waals surface area contributed by atoms with Crippen molar-refractivity contribution in [3.8, 4) is 0 Å². The molecule has 2 saturated heterocycles. The van der Waals surface area contributed by atoms with Gasteiger partial charge in [-0.15, -0.1) is 0 Å². The molecule has 4 rings (SSSR count). The molecule has 0 saturated carbocycles. The van der Waals surface area contributed by atoms with Crippen molar-refractivity contribution in [2.75, 3.05) is 39.4 Å². The summed E-state index contributed by atoms with van der Waals surface area (Å²) in [7, 11) is 0. The van der Waals surface area contributed by atoms with Gasteiger partial charge in [0.1, 0.15) is 0 Å². The Morgan fingerprint density at radius 3 is 2.78 bits per heavy atom. The quantitative estimate of drug-likeness (QED) is 0.813. The highest BCUT2D eigenvalue weighted by Gasteiger charge is 2.29. The fourth-order valence-corrected chi connectivity index (χ4v) is 4.59. The molecule has 1 aromatic heterocycles. The second kappa shape index (κ2) is 8.44. The van der Waals surface area contributed by atoms with Gasteiger partial charge in [-0.1, -0.05) is 18.2 Å². The first-order chi connectivity index (χ1) is 13.3. The molecule has 27 heavy (non-hydrogen) atoms. The monoisotopic (exact) mass is 369 g/mol. The lowest BCUT2D eigenvalue weighted by Gasteiger charge is -2.39. The maximum atomic E-state index is 13.2. The molecule has 0 radical (unpaired) electrons. The normalized spacial score (nSPS) is 21.7. The van der Waals surface area contributed by atoms with Crippen LogP contribution in [-0.4, -0.2) is 65.7 Å². The highest BCUT2D eigenvalue weighted by atomic mass is 16.5. The molecule has 5 heteroatoms. The number of likely N-dealkylation sites (tertiary alicyclic amines) is 1. The van der Waals surface area contributed by atoms with Gasteiger partial charge in [-0.25, -0.2) is 0 Å². The lowest BCUT2D eigenvalue weighted by molar-refractivity contribution is -0.134. The molecule has 1 aromatic carbocycles. The standard InChI is InChI=1S/C22H31N3O2/c1-2-24-16-18(20-8-3-4-9-21(20)24)15-22(26)25-10-6-5-7-19(25)17-23-11-13-27-14-12-23/h3-4,8-9,16,19H,2,5-7,10-15,17H2,1H3. The molecule has 2 fully saturated rings. The number of hydrogen-bond donors (Lipinski definition) is 0. The van der Waals surface area contributed by atoms with Crippen LogP contribution in [0.2, 0.25) is 0 Å². The van der Waals surface area contributed by atoms with E-state index in [1.165, 1.54) is 17.3 Å². The first kappa shape index (κ1) is 18.5. The van der Waals surface area contributed by atoms with Crippen LogP contribution in [0.15, 0.2) is 30.5 Å². The summed E-state index contributed by atoms with van der Waals surface area (Å²) in [6.45, 7) is 8.59. The van der Waals surface area contributed by atoms with Gasteiger partial charge in [-0.2, -0.15) is 0 Å². The number of aromatic nitrogens is 1. The minimum absolute atomic E-state index is 0.284. The molecule has 146 valence electrons. The Balaban J connectivity index is 1.49. The molecule has 2 aromatic rings. The minimum atomic E-state index is 0.284. The van der Waals surface area contributed by atoms with E-state index >= 15 is 0 Å². The zero-order valence-corrected chi connectivity index (χ0v) is 16.4. The van der Waals surface area contributed by atoms with E-state index in [2.05, 4.69) is 51.8 Å². The van der Waals surface area contributed by atoms with Crippen LogP contribution in [0.5, 0.6) is 0 Å². The van der Waals surface area contributed by atoms with E-state index < -0.39 is 0 Å². The second-order valence-corrected chi connectivity index (χ2v) is 7.78. The fourth-order valence-electron chi connectivity index (χ4n) is 4.59. The van der Waals surface area contributed by atoms with Crippen molar-refractivity contribution in [2.24, 2.45) is 0 Å². The van der Waals surface area contributed by atoms with E-state index in [-0.39, 0.29) is 5.91 Å². The maximum absolute atomic E-state index is 13.2. The van der Waals surface area contributed by atoms with E-state index in [1.807, 2.05) is 0 Å². The Hall–Kier alpha value is -1.85. The second-order valence-electron chi connectivity index (χ2n) is 7.78. The summed E-state index contributed by atoms with van der Waals surface area (Å²) in [6.07, 6.45) is 6.16. The van der Waals surface area contributed by atoms with E-state index in [1.54, 1.807) is 0 Å².